The maximum atomic E-state index is 11.8. The molecule has 0 unspecified atom stereocenters. The second-order valence-corrected chi connectivity index (χ2v) is 6.86. The van der Waals surface area contributed by atoms with Crippen molar-refractivity contribution in [2.24, 2.45) is 11.1 Å². The van der Waals surface area contributed by atoms with Crippen molar-refractivity contribution in [1.82, 2.24) is 5.32 Å². The number of benzene rings is 1. The van der Waals surface area contributed by atoms with Crippen LogP contribution in [0.15, 0.2) is 28.7 Å². The molecule has 0 saturated heterocycles. The van der Waals surface area contributed by atoms with Gasteiger partial charge in [-0.3, -0.25) is 9.59 Å². The van der Waals surface area contributed by atoms with Crippen LogP contribution in [-0.2, 0) is 9.59 Å². The predicted octanol–water partition coefficient (Wildman–Crippen LogP) is 2.27. The molecule has 4 N–H and O–H groups in total. The molecular formula is C15H22BrN3O2. The predicted molar refractivity (Wildman–Crippen MR) is 87.8 cm³/mol. The Labute approximate surface area is 133 Å². The number of carbonyl (C=O) groups excluding carboxylic acids is 2. The first kappa shape index (κ1) is 17.7. The van der Waals surface area contributed by atoms with Gasteiger partial charge < -0.3 is 16.4 Å². The van der Waals surface area contributed by atoms with Crippen molar-refractivity contribution in [3.8, 4) is 0 Å². The van der Waals surface area contributed by atoms with Crippen molar-refractivity contribution >= 4 is 33.4 Å². The van der Waals surface area contributed by atoms with E-state index in [2.05, 4.69) is 26.6 Å². The molecule has 2 amide bonds. The van der Waals surface area contributed by atoms with Crippen molar-refractivity contribution in [2.45, 2.75) is 33.2 Å². The lowest BCUT2D eigenvalue weighted by Crippen LogP contribution is -2.49. The average Bonchev–Trinajstić information content (AvgIpc) is 2.39. The average molecular weight is 356 g/mol. The van der Waals surface area contributed by atoms with Crippen molar-refractivity contribution < 1.29 is 9.59 Å². The van der Waals surface area contributed by atoms with Gasteiger partial charge in [0.15, 0.2) is 0 Å². The van der Waals surface area contributed by atoms with Gasteiger partial charge in [0.2, 0.25) is 11.8 Å². The van der Waals surface area contributed by atoms with Crippen molar-refractivity contribution in [1.29, 1.82) is 0 Å². The number of carbonyl (C=O) groups is 2. The molecule has 0 heterocycles. The summed E-state index contributed by atoms with van der Waals surface area (Å²) in [7, 11) is 0. The Morgan fingerprint density at radius 1 is 1.24 bits per heavy atom. The fourth-order valence-corrected chi connectivity index (χ4v) is 1.82. The Hall–Kier alpha value is -1.40. The summed E-state index contributed by atoms with van der Waals surface area (Å²) >= 11 is 3.33. The highest BCUT2D eigenvalue weighted by Crippen LogP contribution is 2.17. The third-order valence-corrected chi connectivity index (χ3v) is 3.52. The van der Waals surface area contributed by atoms with Gasteiger partial charge in [0.05, 0.1) is 6.04 Å². The minimum atomic E-state index is -0.591. The van der Waals surface area contributed by atoms with E-state index in [1.165, 1.54) is 0 Å². The zero-order valence-corrected chi connectivity index (χ0v) is 14.2. The van der Waals surface area contributed by atoms with E-state index >= 15 is 0 Å². The highest BCUT2D eigenvalue weighted by molar-refractivity contribution is 9.10. The number of hydrogen-bond acceptors (Lipinski definition) is 3. The van der Waals surface area contributed by atoms with Gasteiger partial charge in [0, 0.05) is 23.1 Å². The van der Waals surface area contributed by atoms with E-state index in [-0.39, 0.29) is 30.2 Å². The molecule has 0 spiro atoms. The van der Waals surface area contributed by atoms with Gasteiger partial charge in [-0.25, -0.2) is 0 Å². The lowest BCUT2D eigenvalue weighted by Gasteiger charge is -2.25. The number of amides is 2. The first-order valence-corrected chi connectivity index (χ1v) is 7.58. The van der Waals surface area contributed by atoms with Crippen LogP contribution in [0.5, 0.6) is 0 Å². The summed E-state index contributed by atoms with van der Waals surface area (Å²) in [4.78, 5) is 23.5. The van der Waals surface area contributed by atoms with Crippen molar-refractivity contribution in [3.05, 3.63) is 28.7 Å². The van der Waals surface area contributed by atoms with Crippen LogP contribution in [0.2, 0.25) is 0 Å². The van der Waals surface area contributed by atoms with Crippen LogP contribution in [0.3, 0.4) is 0 Å². The van der Waals surface area contributed by atoms with E-state index in [9.17, 15) is 9.59 Å². The Kier molecular flexibility index (Phi) is 6.36. The molecule has 1 rings (SSSR count). The molecule has 1 aromatic rings. The fraction of sp³-hybridized carbons (Fsp3) is 0.467. The Morgan fingerprint density at radius 2 is 1.81 bits per heavy atom. The number of hydrogen-bond donors (Lipinski definition) is 3. The maximum absolute atomic E-state index is 11.8. The minimum absolute atomic E-state index is 0.151. The smallest absolute Gasteiger partial charge is 0.237 e. The van der Waals surface area contributed by atoms with Gasteiger partial charge in [-0.1, -0.05) is 36.7 Å². The van der Waals surface area contributed by atoms with Crippen LogP contribution >= 0.6 is 15.9 Å². The lowest BCUT2D eigenvalue weighted by atomic mass is 9.87. The minimum Gasteiger partial charge on any atom is -0.354 e. The zero-order valence-electron chi connectivity index (χ0n) is 12.6. The summed E-state index contributed by atoms with van der Waals surface area (Å²) in [5, 5.41) is 5.44. The molecule has 0 radical (unpaired) electrons. The second-order valence-electron chi connectivity index (χ2n) is 5.94. The van der Waals surface area contributed by atoms with Gasteiger partial charge in [0.25, 0.3) is 0 Å². The number of anilines is 1. The largest absolute Gasteiger partial charge is 0.354 e. The number of nitrogens with one attached hydrogen (secondary N) is 2. The van der Waals surface area contributed by atoms with Crippen LogP contribution in [0.25, 0.3) is 0 Å². The van der Waals surface area contributed by atoms with Gasteiger partial charge in [0.1, 0.15) is 0 Å². The Morgan fingerprint density at radius 3 is 2.33 bits per heavy atom. The topological polar surface area (TPSA) is 84.2 Å². The van der Waals surface area contributed by atoms with Gasteiger partial charge in [-0.2, -0.15) is 0 Å². The quantitative estimate of drug-likeness (QED) is 0.757. The molecule has 0 bridgehead atoms. The zero-order chi connectivity index (χ0) is 16.0. The molecule has 0 aliphatic heterocycles. The number of halogens is 1. The molecule has 0 saturated carbocycles. The second kappa shape index (κ2) is 7.56. The summed E-state index contributed by atoms with van der Waals surface area (Å²) in [5.74, 6) is -0.388. The van der Waals surface area contributed by atoms with Crippen molar-refractivity contribution in [2.75, 3.05) is 11.9 Å². The molecule has 1 atom stereocenters. The lowest BCUT2D eigenvalue weighted by molar-refractivity contribution is -0.124. The van der Waals surface area contributed by atoms with E-state index in [4.69, 9.17) is 5.73 Å². The molecule has 0 fully saturated rings. The SMILES string of the molecule is CC(C)(C)[C@H](N)C(=O)NCCC(=O)Nc1ccc(Br)cc1. The summed E-state index contributed by atoms with van der Waals surface area (Å²) < 4.78 is 0.948. The summed E-state index contributed by atoms with van der Waals surface area (Å²) in [6.07, 6.45) is 0.207. The van der Waals surface area contributed by atoms with E-state index in [1.54, 1.807) is 12.1 Å². The van der Waals surface area contributed by atoms with Crippen LogP contribution < -0.4 is 16.4 Å². The van der Waals surface area contributed by atoms with Gasteiger partial charge in [-0.15, -0.1) is 0 Å². The highest BCUT2D eigenvalue weighted by Gasteiger charge is 2.27. The van der Waals surface area contributed by atoms with E-state index < -0.39 is 6.04 Å². The van der Waals surface area contributed by atoms with E-state index in [0.717, 1.165) is 10.2 Å². The summed E-state index contributed by atoms with van der Waals surface area (Å²) in [6.45, 7) is 5.97. The molecular weight excluding hydrogens is 334 g/mol. The molecule has 0 aliphatic rings. The van der Waals surface area contributed by atoms with E-state index in [1.807, 2.05) is 32.9 Å². The summed E-state index contributed by atoms with van der Waals surface area (Å²) in [6, 6.07) is 6.71. The van der Waals surface area contributed by atoms with E-state index in [0.29, 0.717) is 0 Å². The monoisotopic (exact) mass is 355 g/mol. The van der Waals surface area contributed by atoms with Gasteiger partial charge in [-0.05, 0) is 29.7 Å². The fourth-order valence-electron chi connectivity index (χ4n) is 1.56. The Bertz CT molecular complexity index is 495. The molecule has 21 heavy (non-hydrogen) atoms. The maximum Gasteiger partial charge on any atom is 0.237 e. The number of nitrogens with two attached hydrogens (primary N) is 1. The first-order chi connectivity index (χ1) is 9.70. The van der Waals surface area contributed by atoms with Crippen LogP contribution in [-0.4, -0.2) is 24.4 Å². The molecule has 1 aromatic carbocycles. The first-order valence-electron chi connectivity index (χ1n) is 6.79. The third-order valence-electron chi connectivity index (χ3n) is 2.99. The Balaban J connectivity index is 2.34. The molecule has 0 aliphatic carbocycles. The standard InChI is InChI=1S/C15H22BrN3O2/c1-15(2,3)13(17)14(21)18-9-8-12(20)19-11-6-4-10(16)5-7-11/h4-7,13H,8-9,17H2,1-3H3,(H,18,21)(H,19,20)/t13-/m1/s1. The van der Waals surface area contributed by atoms with Crippen LogP contribution in [0.1, 0.15) is 27.2 Å². The highest BCUT2D eigenvalue weighted by atomic mass is 79.9. The van der Waals surface area contributed by atoms with Crippen molar-refractivity contribution in [3.63, 3.8) is 0 Å². The number of rotatable bonds is 5. The molecule has 116 valence electrons. The molecule has 6 heteroatoms. The molecule has 0 aromatic heterocycles. The summed E-state index contributed by atoms with van der Waals surface area (Å²) in [5.41, 5.74) is 6.25. The molecule has 5 nitrogen and oxygen atoms in total. The third kappa shape index (κ3) is 6.27. The van der Waals surface area contributed by atoms with Crippen LogP contribution in [0.4, 0.5) is 5.69 Å². The van der Waals surface area contributed by atoms with Crippen LogP contribution in [0, 0.1) is 5.41 Å². The van der Waals surface area contributed by atoms with Gasteiger partial charge >= 0.3 is 0 Å². The normalized spacial score (nSPS) is 12.6.